The van der Waals surface area contributed by atoms with E-state index in [0.717, 1.165) is 61.8 Å². The van der Waals surface area contributed by atoms with Gasteiger partial charge in [-0.05, 0) is 76.8 Å². The van der Waals surface area contributed by atoms with E-state index < -0.39 is 5.60 Å². The third-order valence-corrected chi connectivity index (χ3v) is 6.99. The Bertz CT molecular complexity index is 1290. The van der Waals surface area contributed by atoms with Crippen LogP contribution in [0.3, 0.4) is 0 Å². The van der Waals surface area contributed by atoms with Crippen LogP contribution in [-0.2, 0) is 9.53 Å². The van der Waals surface area contributed by atoms with Crippen LogP contribution in [0.1, 0.15) is 71.8 Å². The minimum Gasteiger partial charge on any atom is -0.458 e. The quantitative estimate of drug-likeness (QED) is 0.483. The van der Waals surface area contributed by atoms with E-state index >= 15 is 0 Å². The van der Waals surface area contributed by atoms with Crippen LogP contribution < -0.4 is 15.8 Å². The molecule has 1 aliphatic heterocycles. The van der Waals surface area contributed by atoms with Gasteiger partial charge in [-0.15, -0.1) is 0 Å². The molecule has 0 bridgehead atoms. The maximum absolute atomic E-state index is 12.8. The number of nitrogens with one attached hydrogen (secondary N) is 1. The lowest BCUT2D eigenvalue weighted by atomic mass is 9.95. The number of anilines is 3. The summed E-state index contributed by atoms with van der Waals surface area (Å²) in [6.07, 6.45) is 9.04. The lowest BCUT2D eigenvalue weighted by molar-refractivity contribution is -0.156. The molecule has 1 saturated carbocycles. The van der Waals surface area contributed by atoms with E-state index in [1.54, 1.807) is 18.3 Å². The normalized spacial score (nSPS) is 19.0. The fourth-order valence-corrected chi connectivity index (χ4v) is 5.35. The Hall–Kier alpha value is -3.42. The number of rotatable bonds is 5. The van der Waals surface area contributed by atoms with Gasteiger partial charge < -0.3 is 15.0 Å². The first-order chi connectivity index (χ1) is 17.3. The van der Waals surface area contributed by atoms with Gasteiger partial charge in [0.2, 0.25) is 5.95 Å². The number of ether oxygens (including phenoxy) is 1. The average Bonchev–Trinajstić information content (AvgIpc) is 3.34. The van der Waals surface area contributed by atoms with Crippen molar-refractivity contribution in [3.63, 3.8) is 0 Å². The van der Waals surface area contributed by atoms with Crippen LogP contribution in [0.15, 0.2) is 47.4 Å². The molecule has 190 valence electrons. The summed E-state index contributed by atoms with van der Waals surface area (Å²) in [5.41, 5.74) is 2.00. The zero-order chi connectivity index (χ0) is 25.3. The van der Waals surface area contributed by atoms with Crippen molar-refractivity contribution < 1.29 is 9.53 Å². The Labute approximate surface area is 211 Å². The van der Waals surface area contributed by atoms with Crippen molar-refractivity contribution >= 4 is 34.3 Å². The van der Waals surface area contributed by atoms with E-state index in [0.29, 0.717) is 11.6 Å². The second-order valence-corrected chi connectivity index (χ2v) is 10.9. The third-order valence-electron chi connectivity index (χ3n) is 6.99. The molecule has 8 heteroatoms. The van der Waals surface area contributed by atoms with Crippen molar-refractivity contribution in [2.24, 2.45) is 0 Å². The van der Waals surface area contributed by atoms with Crippen LogP contribution in [0.2, 0.25) is 0 Å². The number of benzene rings is 1. The topological polar surface area (TPSA) is 89.4 Å². The highest BCUT2D eigenvalue weighted by molar-refractivity contribution is 5.81. The van der Waals surface area contributed by atoms with Gasteiger partial charge in [0.15, 0.2) is 0 Å². The van der Waals surface area contributed by atoms with Gasteiger partial charge in [0.1, 0.15) is 17.3 Å². The second-order valence-electron chi connectivity index (χ2n) is 10.9. The molecule has 0 spiro atoms. The minimum atomic E-state index is -0.499. The molecule has 8 nitrogen and oxygen atoms in total. The second kappa shape index (κ2) is 9.91. The summed E-state index contributed by atoms with van der Waals surface area (Å²) in [5.74, 6) is 0.286. The van der Waals surface area contributed by atoms with Crippen LogP contribution in [0, 0.1) is 0 Å². The summed E-state index contributed by atoms with van der Waals surface area (Å²) in [5, 5.41) is 4.14. The van der Waals surface area contributed by atoms with Gasteiger partial charge in [-0.3, -0.25) is 9.36 Å². The number of carbonyl (C=O) groups is 1. The van der Waals surface area contributed by atoms with Crippen LogP contribution in [0.5, 0.6) is 0 Å². The van der Waals surface area contributed by atoms with E-state index in [-0.39, 0.29) is 23.6 Å². The number of pyridine rings is 1. The van der Waals surface area contributed by atoms with Gasteiger partial charge in [-0.1, -0.05) is 19.3 Å². The standard InChI is InChI=1S/C28H35N5O3/c1-28(2,3)36-26(35)23-10-7-17-32(23)21-14-12-20(13-15-21)30-27-29-18-19-11-16-24(34)33(25(19)31-27)22-8-5-4-6-9-22/h11-16,18,22-23H,4-10,17H2,1-3H3,(H,29,30,31)/t23-/m0/s1. The minimum absolute atomic E-state index is 0.00597. The SMILES string of the molecule is CC(C)(C)OC(=O)[C@@H]1CCCN1c1ccc(Nc2ncc3ccc(=O)n(C4CCCCC4)c3n2)cc1. The predicted octanol–water partition coefficient (Wildman–Crippen LogP) is 5.35. The number of carbonyl (C=O) groups excluding carboxylic acids is 1. The largest absolute Gasteiger partial charge is 0.458 e. The molecule has 1 saturated heterocycles. The van der Waals surface area contributed by atoms with Crippen LogP contribution in [0.4, 0.5) is 17.3 Å². The Morgan fingerprint density at radius 1 is 1.00 bits per heavy atom. The van der Waals surface area contributed by atoms with Gasteiger partial charge in [0.05, 0.1) is 0 Å². The van der Waals surface area contributed by atoms with E-state index in [1.165, 1.54) is 6.42 Å². The van der Waals surface area contributed by atoms with E-state index in [2.05, 4.69) is 15.2 Å². The molecule has 3 heterocycles. The molecule has 0 amide bonds. The summed E-state index contributed by atoms with van der Waals surface area (Å²) in [6.45, 7) is 6.51. The monoisotopic (exact) mass is 489 g/mol. The Morgan fingerprint density at radius 2 is 1.75 bits per heavy atom. The molecule has 1 aromatic carbocycles. The van der Waals surface area contributed by atoms with Crippen LogP contribution >= 0.6 is 0 Å². The summed E-state index contributed by atoms with van der Waals surface area (Å²) >= 11 is 0. The molecular formula is C28H35N5O3. The highest BCUT2D eigenvalue weighted by Gasteiger charge is 2.34. The van der Waals surface area contributed by atoms with Crippen molar-refractivity contribution in [2.75, 3.05) is 16.8 Å². The smallest absolute Gasteiger partial charge is 0.329 e. The maximum atomic E-state index is 12.8. The third kappa shape index (κ3) is 5.22. The molecule has 1 N–H and O–H groups in total. The molecule has 5 rings (SSSR count). The van der Waals surface area contributed by atoms with Gasteiger partial charge in [-0.25, -0.2) is 9.78 Å². The van der Waals surface area contributed by atoms with E-state index in [9.17, 15) is 9.59 Å². The zero-order valence-electron chi connectivity index (χ0n) is 21.4. The Morgan fingerprint density at radius 3 is 2.47 bits per heavy atom. The number of esters is 1. The summed E-state index contributed by atoms with van der Waals surface area (Å²) in [7, 11) is 0. The van der Waals surface area contributed by atoms with Gasteiger partial charge in [-0.2, -0.15) is 4.98 Å². The highest BCUT2D eigenvalue weighted by atomic mass is 16.6. The molecular weight excluding hydrogens is 454 g/mol. The van der Waals surface area contributed by atoms with E-state index in [4.69, 9.17) is 9.72 Å². The Balaban J connectivity index is 1.35. The van der Waals surface area contributed by atoms with Gasteiger partial charge in [0.25, 0.3) is 5.56 Å². The molecule has 2 aliphatic rings. The van der Waals surface area contributed by atoms with Crippen molar-refractivity contribution in [3.05, 3.63) is 52.9 Å². The predicted molar refractivity (Wildman–Crippen MR) is 142 cm³/mol. The molecule has 1 aliphatic carbocycles. The van der Waals surface area contributed by atoms with Crippen LogP contribution in [-0.4, -0.2) is 38.7 Å². The first-order valence-corrected chi connectivity index (χ1v) is 13.0. The molecule has 0 radical (unpaired) electrons. The number of fused-ring (bicyclic) bond motifs is 1. The van der Waals surface area contributed by atoms with E-state index in [1.807, 2.05) is 49.6 Å². The lowest BCUT2D eigenvalue weighted by Gasteiger charge is -2.29. The summed E-state index contributed by atoms with van der Waals surface area (Å²) in [4.78, 5) is 36.8. The van der Waals surface area contributed by atoms with Crippen molar-refractivity contribution in [1.82, 2.24) is 14.5 Å². The van der Waals surface area contributed by atoms with Crippen molar-refractivity contribution in [1.29, 1.82) is 0 Å². The number of nitrogens with zero attached hydrogens (tertiary/aromatic N) is 4. The summed E-state index contributed by atoms with van der Waals surface area (Å²) < 4.78 is 7.50. The highest BCUT2D eigenvalue weighted by Crippen LogP contribution is 2.31. The first-order valence-electron chi connectivity index (χ1n) is 13.0. The Kier molecular flexibility index (Phi) is 6.69. The van der Waals surface area contributed by atoms with Crippen molar-refractivity contribution in [3.8, 4) is 0 Å². The fourth-order valence-electron chi connectivity index (χ4n) is 5.35. The number of hydrogen-bond donors (Lipinski definition) is 1. The molecule has 2 aromatic heterocycles. The zero-order valence-corrected chi connectivity index (χ0v) is 21.4. The molecule has 0 unspecified atom stereocenters. The molecule has 1 atom stereocenters. The fraction of sp³-hybridized carbons (Fsp3) is 0.500. The summed E-state index contributed by atoms with van der Waals surface area (Å²) in [6, 6.07) is 11.3. The lowest BCUT2D eigenvalue weighted by Crippen LogP contribution is -2.40. The molecule has 2 fully saturated rings. The van der Waals surface area contributed by atoms with Gasteiger partial charge >= 0.3 is 5.97 Å². The number of aromatic nitrogens is 3. The maximum Gasteiger partial charge on any atom is 0.329 e. The van der Waals surface area contributed by atoms with Crippen molar-refractivity contribution in [2.45, 2.75) is 83.4 Å². The average molecular weight is 490 g/mol. The molecule has 3 aromatic rings. The van der Waals surface area contributed by atoms with Crippen LogP contribution in [0.25, 0.3) is 11.0 Å². The number of hydrogen-bond acceptors (Lipinski definition) is 7. The molecule has 36 heavy (non-hydrogen) atoms. The van der Waals surface area contributed by atoms with Gasteiger partial charge in [0, 0.05) is 41.6 Å². The first kappa shape index (κ1) is 24.3.